The topological polar surface area (TPSA) is 265 Å². The van der Waals surface area contributed by atoms with E-state index in [4.69, 9.17) is 33.0 Å². The predicted octanol–water partition coefficient (Wildman–Crippen LogP) is 10.2. The van der Waals surface area contributed by atoms with Crippen molar-refractivity contribution in [2.45, 2.75) is 244 Å². The highest BCUT2D eigenvalue weighted by molar-refractivity contribution is 7.47. The molecule has 0 aromatic heterocycles. The van der Waals surface area contributed by atoms with Crippen LogP contribution in [0.5, 0.6) is 0 Å². The number of unbranched alkanes of at least 4 members (excludes halogenated alkanes) is 20. The average Bonchev–Trinajstić information content (AvgIpc) is 3.28. The van der Waals surface area contributed by atoms with Crippen molar-refractivity contribution in [1.82, 2.24) is 0 Å². The number of phosphoric ester groups is 2. The summed E-state index contributed by atoms with van der Waals surface area (Å²) in [6, 6.07) is 0. The van der Waals surface area contributed by atoms with Gasteiger partial charge in [-0.2, -0.15) is 0 Å². The van der Waals surface area contributed by atoms with E-state index >= 15 is 0 Å². The molecule has 1 heterocycles. The zero-order valence-corrected chi connectivity index (χ0v) is 44.2. The van der Waals surface area contributed by atoms with E-state index in [0.29, 0.717) is 32.1 Å². The number of carbonyl (C=O) groups excluding carboxylic acids is 2. The van der Waals surface area contributed by atoms with Gasteiger partial charge in [-0.25, -0.2) is 9.13 Å². The Bertz CT molecular complexity index is 1440. The number of aliphatic hydroxyl groups is 4. The maximum absolute atomic E-state index is 12.9. The zero-order valence-electron chi connectivity index (χ0n) is 42.4. The van der Waals surface area contributed by atoms with Gasteiger partial charge in [0.1, 0.15) is 12.7 Å². The molecule has 8 atom stereocenters. The molecule has 0 radical (unpaired) electrons. The van der Waals surface area contributed by atoms with Crippen molar-refractivity contribution >= 4 is 27.6 Å². The van der Waals surface area contributed by atoms with Crippen molar-refractivity contribution in [3.05, 3.63) is 24.3 Å². The number of allylic oxidation sites excluding steroid dienone is 2. The Balaban J connectivity index is 2.48. The fraction of sp³-hybridized carbons (Fsp3) is 0.880. The first-order valence-electron chi connectivity index (χ1n) is 26.3. The highest BCUT2D eigenvalue weighted by Gasteiger charge is 2.35. The molecule has 0 bridgehead atoms. The molecule has 0 aromatic carbocycles. The molecule has 0 spiro atoms. The first-order valence-corrected chi connectivity index (χ1v) is 29.3. The summed E-state index contributed by atoms with van der Waals surface area (Å²) >= 11 is 0. The summed E-state index contributed by atoms with van der Waals surface area (Å²) in [5, 5.41) is 40.9. The zero-order chi connectivity index (χ0) is 51.2. The summed E-state index contributed by atoms with van der Waals surface area (Å²) in [5.41, 5.74) is 0. The van der Waals surface area contributed by atoms with Crippen LogP contribution in [0.3, 0.4) is 0 Å². The minimum Gasteiger partial charge on any atom is -0.462 e. The fourth-order valence-corrected chi connectivity index (χ4v) is 9.14. The van der Waals surface area contributed by atoms with E-state index in [1.807, 2.05) is 12.2 Å². The molecule has 1 fully saturated rings. The normalized spacial score (nSPS) is 20.1. The molecule has 69 heavy (non-hydrogen) atoms. The van der Waals surface area contributed by atoms with E-state index in [9.17, 15) is 44.0 Å². The molecule has 0 aromatic rings. The number of ether oxygens (including phenoxy) is 3. The first-order chi connectivity index (χ1) is 32.9. The number of esters is 2. The van der Waals surface area contributed by atoms with Crippen molar-refractivity contribution in [3.8, 4) is 0 Å². The molecule has 1 saturated heterocycles. The molecule has 2 unspecified atom stereocenters. The summed E-state index contributed by atoms with van der Waals surface area (Å²) in [7, 11) is -9.79. The van der Waals surface area contributed by atoms with E-state index in [1.54, 1.807) is 12.2 Å². The largest absolute Gasteiger partial charge is 0.472 e. The second-order valence-corrected chi connectivity index (χ2v) is 21.9. The summed E-state index contributed by atoms with van der Waals surface area (Å²) in [6.07, 6.45) is 29.2. The molecule has 0 saturated carbocycles. The van der Waals surface area contributed by atoms with Gasteiger partial charge in [0.2, 0.25) is 0 Å². The van der Waals surface area contributed by atoms with Gasteiger partial charge in [0.05, 0.1) is 38.1 Å². The number of hydrogen-bond acceptors (Lipinski definition) is 14. The second kappa shape index (κ2) is 40.9. The van der Waals surface area contributed by atoms with Gasteiger partial charge >= 0.3 is 27.6 Å². The van der Waals surface area contributed by atoms with E-state index in [0.717, 1.165) is 44.4 Å². The molecule has 1 rings (SSSR count). The smallest absolute Gasteiger partial charge is 0.462 e. The maximum atomic E-state index is 12.9. The quantitative estimate of drug-likeness (QED) is 0.0129. The van der Waals surface area contributed by atoms with Gasteiger partial charge in [0.25, 0.3) is 0 Å². The molecular formula is C50H94O17P2. The predicted molar refractivity (Wildman–Crippen MR) is 266 cm³/mol. The third-order valence-corrected chi connectivity index (χ3v) is 13.5. The van der Waals surface area contributed by atoms with Gasteiger partial charge in [-0.1, -0.05) is 180 Å². The van der Waals surface area contributed by atoms with Crippen LogP contribution in [0.1, 0.15) is 207 Å². The Labute approximate surface area is 414 Å². The van der Waals surface area contributed by atoms with E-state index in [-0.39, 0.29) is 25.2 Å². The van der Waals surface area contributed by atoms with Crippen molar-refractivity contribution in [3.63, 3.8) is 0 Å². The highest BCUT2D eigenvalue weighted by Crippen LogP contribution is 2.44. The summed E-state index contributed by atoms with van der Waals surface area (Å²) < 4.78 is 53.7. The molecule has 19 heteroatoms. The highest BCUT2D eigenvalue weighted by atomic mass is 31.2. The monoisotopic (exact) mass is 1030 g/mol. The lowest BCUT2D eigenvalue weighted by atomic mass is 9.87. The molecule has 406 valence electrons. The lowest BCUT2D eigenvalue weighted by molar-refractivity contribution is -0.199. The van der Waals surface area contributed by atoms with Crippen LogP contribution in [-0.4, -0.2) is 110 Å². The Morgan fingerprint density at radius 3 is 1.74 bits per heavy atom. The third-order valence-electron chi connectivity index (χ3n) is 12.1. The molecular weight excluding hydrogens is 934 g/mol. The summed E-state index contributed by atoms with van der Waals surface area (Å²) in [4.78, 5) is 53.2. The Morgan fingerprint density at radius 1 is 0.652 bits per heavy atom. The third kappa shape index (κ3) is 39.6. The molecule has 7 N–H and O–H groups in total. The fourth-order valence-electron chi connectivity index (χ4n) is 7.99. The molecule has 17 nitrogen and oxygen atoms in total. The van der Waals surface area contributed by atoms with Crippen LogP contribution in [0.4, 0.5) is 0 Å². The number of hydrogen-bond donors (Lipinski definition) is 7. The number of phosphoric acid groups is 2. The number of aliphatic hydroxyl groups excluding tert-OH is 4. The lowest BCUT2D eigenvalue weighted by Gasteiger charge is -2.36. The average molecular weight is 1030 g/mol. The molecule has 0 amide bonds. The van der Waals surface area contributed by atoms with Gasteiger partial charge in [-0.15, -0.1) is 0 Å². The molecule has 1 aliphatic rings. The van der Waals surface area contributed by atoms with E-state index < -0.39 is 90.8 Å². The van der Waals surface area contributed by atoms with Crippen LogP contribution in [-0.2, 0) is 46.5 Å². The van der Waals surface area contributed by atoms with E-state index in [2.05, 4.69) is 25.3 Å². The van der Waals surface area contributed by atoms with Crippen molar-refractivity contribution in [1.29, 1.82) is 0 Å². The van der Waals surface area contributed by atoms with Gasteiger partial charge in [0, 0.05) is 25.2 Å². The van der Waals surface area contributed by atoms with Gasteiger partial charge in [-0.3, -0.25) is 23.2 Å². The van der Waals surface area contributed by atoms with E-state index in [1.165, 1.54) is 96.3 Å². The Hall–Kier alpha value is -1.56. The molecule has 1 aliphatic heterocycles. The van der Waals surface area contributed by atoms with Crippen molar-refractivity contribution in [2.75, 3.05) is 26.4 Å². The minimum absolute atomic E-state index is 0.0570. The van der Waals surface area contributed by atoms with Gasteiger partial charge < -0.3 is 49.3 Å². The Morgan fingerprint density at radius 2 is 1.17 bits per heavy atom. The van der Waals surface area contributed by atoms with Crippen LogP contribution in [0.15, 0.2) is 24.3 Å². The standard InChI is InChI=1S/C50H94O17P2/c1-4-5-24-30-42(51)34-35-47-45(46(53)36-50(56)67-47)31-26-22-23-28-33-49(55)66-44(40-65-69(60,61)64-38-43(52)37-63-68(57,58)59)39-62-48(54)32-27-21-19-17-15-13-11-9-7-6-8-10-12-14-16-18-20-25-29-41(2)3/h22,26,34-35,41-47,50-53,56H,4-21,23-25,27-33,36-40H2,1-3H3,(H,60,61)(H2,57,58,59)/b26-22-,35-34+/t42-,43-,44+,45-,46-,47+,50?/m0/s1. The van der Waals surface area contributed by atoms with Crippen LogP contribution in [0, 0.1) is 11.8 Å². The summed E-state index contributed by atoms with van der Waals surface area (Å²) in [5.74, 6) is -0.761. The van der Waals surface area contributed by atoms with Crippen molar-refractivity contribution in [2.24, 2.45) is 11.8 Å². The van der Waals surface area contributed by atoms with Crippen LogP contribution in [0.2, 0.25) is 0 Å². The maximum Gasteiger partial charge on any atom is 0.472 e. The number of rotatable bonds is 45. The number of carbonyl (C=O) groups is 2. The van der Waals surface area contributed by atoms with Gasteiger partial charge in [0.15, 0.2) is 12.4 Å². The van der Waals surface area contributed by atoms with Crippen molar-refractivity contribution < 1.29 is 81.6 Å². The van der Waals surface area contributed by atoms with Crippen LogP contribution >= 0.6 is 15.6 Å². The molecule has 0 aliphatic carbocycles. The minimum atomic E-state index is -4.90. The second-order valence-electron chi connectivity index (χ2n) is 19.2. The van der Waals surface area contributed by atoms with Crippen LogP contribution < -0.4 is 0 Å². The van der Waals surface area contributed by atoms with Gasteiger partial charge in [-0.05, 0) is 38.0 Å². The SMILES string of the molecule is CCCCC[C@H](O)/C=C/[C@H]1OC(O)C[C@H](O)[C@@H]1C/C=C\CCCC(=O)O[C@H](COC(=O)CCCCCCCCCCCCCCCCCCCCC(C)C)COP(=O)(O)OC[C@@H](O)COP(=O)(O)O. The van der Waals surface area contributed by atoms with Crippen LogP contribution in [0.25, 0.3) is 0 Å². The lowest BCUT2D eigenvalue weighted by Crippen LogP contribution is -2.43. The summed E-state index contributed by atoms with van der Waals surface area (Å²) in [6.45, 7) is 3.73. The Kier molecular flexibility index (Phi) is 38.8. The first kappa shape index (κ1) is 65.5.